The number of amides is 1. The van der Waals surface area contributed by atoms with Crippen molar-refractivity contribution in [2.45, 2.75) is 52.4 Å². The summed E-state index contributed by atoms with van der Waals surface area (Å²) in [7, 11) is 0. The van der Waals surface area contributed by atoms with Crippen LogP contribution in [0.15, 0.2) is 30.3 Å². The second-order valence-corrected chi connectivity index (χ2v) is 6.52. The number of hydrogen-bond donors (Lipinski definition) is 1. The number of ether oxygens (including phenoxy) is 3. The van der Waals surface area contributed by atoms with Crippen LogP contribution < -0.4 is 5.32 Å². The van der Waals surface area contributed by atoms with Crippen molar-refractivity contribution in [3.63, 3.8) is 0 Å². The molecule has 0 aromatic heterocycles. The lowest BCUT2D eigenvalue weighted by Gasteiger charge is -2.21. The molecular weight excluding hydrogens is 310 g/mol. The highest BCUT2D eigenvalue weighted by atomic mass is 16.6. The predicted octanol–water partition coefficient (Wildman–Crippen LogP) is 3.05. The Kier molecular flexibility index (Phi) is 8.26. The van der Waals surface area contributed by atoms with E-state index in [1.54, 1.807) is 27.7 Å². The maximum Gasteiger partial charge on any atom is 0.407 e. The summed E-state index contributed by atoms with van der Waals surface area (Å²) in [6.45, 7) is 8.01. The van der Waals surface area contributed by atoms with Crippen molar-refractivity contribution in [1.82, 2.24) is 5.32 Å². The molecule has 0 bridgehead atoms. The Balaban J connectivity index is 2.10. The lowest BCUT2D eigenvalue weighted by Crippen LogP contribution is -2.39. The number of carbonyl (C=O) groups excluding carboxylic acids is 2. The van der Waals surface area contributed by atoms with E-state index in [-0.39, 0.29) is 31.6 Å². The zero-order valence-electron chi connectivity index (χ0n) is 14.8. The summed E-state index contributed by atoms with van der Waals surface area (Å²) in [6, 6.07) is 9.28. The summed E-state index contributed by atoms with van der Waals surface area (Å²) in [6.07, 6.45) is -0.313. The average molecular weight is 337 g/mol. The van der Waals surface area contributed by atoms with Crippen LogP contribution in [0, 0.1) is 0 Å². The van der Waals surface area contributed by atoms with Crippen LogP contribution in [0.1, 0.15) is 39.7 Å². The monoisotopic (exact) mass is 337 g/mol. The molecule has 0 spiro atoms. The quantitative estimate of drug-likeness (QED) is 0.583. The Hall–Kier alpha value is -2.08. The maximum absolute atomic E-state index is 11.6. The van der Waals surface area contributed by atoms with Crippen LogP contribution >= 0.6 is 0 Å². The fourth-order valence-corrected chi connectivity index (χ4v) is 1.78. The molecule has 0 radical (unpaired) electrons. The van der Waals surface area contributed by atoms with Crippen LogP contribution in [0.5, 0.6) is 0 Å². The third kappa shape index (κ3) is 9.84. The molecule has 0 heterocycles. The summed E-state index contributed by atoms with van der Waals surface area (Å²) in [5.74, 6) is -0.313. The fraction of sp³-hybridized carbons (Fsp3) is 0.556. The smallest absolute Gasteiger partial charge is 0.407 e. The lowest BCUT2D eigenvalue weighted by atomic mass is 10.2. The molecule has 0 fully saturated rings. The third-order valence-electron chi connectivity index (χ3n) is 2.82. The van der Waals surface area contributed by atoms with Gasteiger partial charge in [-0.3, -0.25) is 4.79 Å². The van der Waals surface area contributed by atoms with Crippen molar-refractivity contribution in [2.75, 3.05) is 13.2 Å². The third-order valence-corrected chi connectivity index (χ3v) is 2.82. The molecule has 0 aliphatic rings. The van der Waals surface area contributed by atoms with Crippen LogP contribution in [0.4, 0.5) is 4.79 Å². The van der Waals surface area contributed by atoms with Crippen LogP contribution in [-0.4, -0.2) is 36.9 Å². The van der Waals surface area contributed by atoms with E-state index in [1.807, 2.05) is 30.3 Å². The molecule has 1 aromatic rings. The van der Waals surface area contributed by atoms with Gasteiger partial charge in [0.1, 0.15) is 12.2 Å². The average Bonchev–Trinajstić information content (AvgIpc) is 2.48. The maximum atomic E-state index is 11.6. The topological polar surface area (TPSA) is 73.9 Å². The Bertz CT molecular complexity index is 510. The fourth-order valence-electron chi connectivity index (χ4n) is 1.78. The summed E-state index contributed by atoms with van der Waals surface area (Å²) in [5.41, 5.74) is 0.412. The number of alkyl carbamates (subject to hydrolysis) is 1. The van der Waals surface area contributed by atoms with Gasteiger partial charge in [0.2, 0.25) is 0 Å². The van der Waals surface area contributed by atoms with Gasteiger partial charge < -0.3 is 19.5 Å². The molecule has 0 saturated carbocycles. The minimum absolute atomic E-state index is 0.173. The van der Waals surface area contributed by atoms with Gasteiger partial charge in [-0.25, -0.2) is 4.79 Å². The van der Waals surface area contributed by atoms with Crippen molar-refractivity contribution in [3.05, 3.63) is 35.9 Å². The van der Waals surface area contributed by atoms with Crippen molar-refractivity contribution in [2.24, 2.45) is 0 Å². The molecule has 134 valence electrons. The first-order chi connectivity index (χ1) is 11.3. The summed E-state index contributed by atoms with van der Waals surface area (Å²) >= 11 is 0. The largest absolute Gasteiger partial charge is 0.461 e. The Labute approximate surface area is 143 Å². The Morgan fingerprint density at radius 1 is 1.17 bits per heavy atom. The van der Waals surface area contributed by atoms with Gasteiger partial charge in [-0.15, -0.1) is 0 Å². The molecule has 6 heteroatoms. The first-order valence-electron chi connectivity index (χ1n) is 8.03. The van der Waals surface area contributed by atoms with Crippen molar-refractivity contribution < 1.29 is 23.8 Å². The van der Waals surface area contributed by atoms with Gasteiger partial charge >= 0.3 is 12.1 Å². The molecule has 6 nitrogen and oxygen atoms in total. The molecule has 1 rings (SSSR count). The van der Waals surface area contributed by atoms with Crippen LogP contribution in [0.2, 0.25) is 0 Å². The van der Waals surface area contributed by atoms with Crippen molar-refractivity contribution >= 4 is 12.1 Å². The number of hydrogen-bond acceptors (Lipinski definition) is 5. The predicted molar refractivity (Wildman–Crippen MR) is 90.5 cm³/mol. The zero-order valence-corrected chi connectivity index (χ0v) is 14.8. The molecular formula is C18H27NO5. The van der Waals surface area contributed by atoms with E-state index in [4.69, 9.17) is 14.2 Å². The number of nitrogens with one attached hydrogen (secondary N) is 1. The summed E-state index contributed by atoms with van der Waals surface area (Å²) in [5, 5.41) is 2.67. The zero-order chi connectivity index (χ0) is 18.0. The van der Waals surface area contributed by atoms with Gasteiger partial charge in [-0.05, 0) is 33.3 Å². The molecule has 0 aliphatic heterocycles. The molecule has 1 aromatic carbocycles. The van der Waals surface area contributed by atoms with E-state index in [9.17, 15) is 9.59 Å². The van der Waals surface area contributed by atoms with Crippen molar-refractivity contribution in [1.29, 1.82) is 0 Å². The number of rotatable bonds is 8. The molecule has 0 unspecified atom stereocenters. The second-order valence-electron chi connectivity index (χ2n) is 6.52. The van der Waals surface area contributed by atoms with E-state index in [1.165, 1.54) is 0 Å². The first kappa shape index (κ1) is 20.0. The highest BCUT2D eigenvalue weighted by Gasteiger charge is 2.17. The Morgan fingerprint density at radius 2 is 1.83 bits per heavy atom. The summed E-state index contributed by atoms with van der Waals surface area (Å²) in [4.78, 5) is 23.2. The molecule has 1 atom stereocenters. The SMILES string of the molecule is C[C@@H](COCCC(=O)OCc1ccccc1)NC(=O)OC(C)(C)C. The van der Waals surface area contributed by atoms with Crippen molar-refractivity contribution in [3.8, 4) is 0 Å². The standard InChI is InChI=1S/C18H27NO5/c1-14(19-17(21)24-18(2,3)4)12-22-11-10-16(20)23-13-15-8-6-5-7-9-15/h5-9,14H,10-13H2,1-4H3,(H,19,21)/t14-/m0/s1. The second kappa shape index (κ2) is 9.93. The minimum Gasteiger partial charge on any atom is -0.461 e. The number of carbonyl (C=O) groups is 2. The highest BCUT2D eigenvalue weighted by Crippen LogP contribution is 2.06. The normalized spacial score (nSPS) is 12.3. The van der Waals surface area contributed by atoms with Gasteiger partial charge in [0, 0.05) is 0 Å². The molecule has 0 aliphatic carbocycles. The van der Waals surface area contributed by atoms with E-state index < -0.39 is 11.7 Å². The van der Waals surface area contributed by atoms with Gasteiger partial charge in [0.25, 0.3) is 0 Å². The molecule has 0 saturated heterocycles. The van der Waals surface area contributed by atoms with E-state index in [2.05, 4.69) is 5.32 Å². The molecule has 1 amide bonds. The van der Waals surface area contributed by atoms with Crippen LogP contribution in [0.25, 0.3) is 0 Å². The van der Waals surface area contributed by atoms with E-state index >= 15 is 0 Å². The highest BCUT2D eigenvalue weighted by molar-refractivity contribution is 5.69. The minimum atomic E-state index is -0.535. The van der Waals surface area contributed by atoms with Gasteiger partial charge in [-0.1, -0.05) is 30.3 Å². The van der Waals surface area contributed by atoms with Gasteiger partial charge in [-0.2, -0.15) is 0 Å². The lowest BCUT2D eigenvalue weighted by molar-refractivity contribution is -0.146. The van der Waals surface area contributed by atoms with Gasteiger partial charge in [0.15, 0.2) is 0 Å². The van der Waals surface area contributed by atoms with Crippen LogP contribution in [0.3, 0.4) is 0 Å². The van der Waals surface area contributed by atoms with Gasteiger partial charge in [0.05, 0.1) is 25.7 Å². The number of esters is 1. The first-order valence-corrected chi connectivity index (χ1v) is 8.03. The van der Waals surface area contributed by atoms with E-state index in [0.29, 0.717) is 6.61 Å². The van der Waals surface area contributed by atoms with E-state index in [0.717, 1.165) is 5.56 Å². The molecule has 24 heavy (non-hydrogen) atoms. The number of benzene rings is 1. The Morgan fingerprint density at radius 3 is 2.46 bits per heavy atom. The van der Waals surface area contributed by atoms with Crippen LogP contribution in [-0.2, 0) is 25.6 Å². The summed E-state index contributed by atoms with van der Waals surface area (Å²) < 4.78 is 15.7. The molecule has 1 N–H and O–H groups in total.